The molecule has 2 rings (SSSR count). The first-order valence-corrected chi connectivity index (χ1v) is 13.0. The summed E-state index contributed by atoms with van der Waals surface area (Å²) in [6, 6.07) is 12.0. The zero-order valence-corrected chi connectivity index (χ0v) is 21.3. The van der Waals surface area contributed by atoms with Crippen molar-refractivity contribution in [2.45, 2.75) is 46.2 Å². The third kappa shape index (κ3) is 7.75. The molecule has 0 fully saturated rings. The van der Waals surface area contributed by atoms with Crippen LogP contribution < -0.4 is 9.62 Å². The fourth-order valence-electron chi connectivity index (χ4n) is 3.68. The van der Waals surface area contributed by atoms with Crippen molar-refractivity contribution < 1.29 is 18.0 Å². The molecule has 1 N–H and O–H groups in total. The average molecular weight is 494 g/mol. The van der Waals surface area contributed by atoms with Crippen LogP contribution in [0.15, 0.2) is 42.5 Å². The van der Waals surface area contributed by atoms with Gasteiger partial charge in [-0.25, -0.2) is 8.42 Å². The molecule has 9 heteroatoms. The summed E-state index contributed by atoms with van der Waals surface area (Å²) >= 11 is 5.95. The second-order valence-corrected chi connectivity index (χ2v) is 10.6. The molecule has 7 nitrogen and oxygen atoms in total. The van der Waals surface area contributed by atoms with Gasteiger partial charge in [0.15, 0.2) is 0 Å². The van der Waals surface area contributed by atoms with Gasteiger partial charge in [0.05, 0.1) is 11.9 Å². The molecule has 2 aromatic carbocycles. The largest absolute Gasteiger partial charge is 0.357 e. The van der Waals surface area contributed by atoms with Crippen molar-refractivity contribution >= 4 is 39.1 Å². The highest BCUT2D eigenvalue weighted by molar-refractivity contribution is 7.92. The molecule has 180 valence electrons. The lowest BCUT2D eigenvalue weighted by atomic mass is 10.1. The third-order valence-electron chi connectivity index (χ3n) is 5.33. The fourth-order valence-corrected chi connectivity index (χ4v) is 4.75. The third-order valence-corrected chi connectivity index (χ3v) is 6.77. The number of hydrogen-bond donors (Lipinski definition) is 1. The number of sulfonamides is 1. The number of aryl methyl sites for hydroxylation is 2. The number of halogens is 1. The van der Waals surface area contributed by atoms with Crippen LogP contribution >= 0.6 is 11.6 Å². The van der Waals surface area contributed by atoms with Crippen molar-refractivity contribution in [2.24, 2.45) is 0 Å². The first kappa shape index (κ1) is 26.7. The summed E-state index contributed by atoms with van der Waals surface area (Å²) in [7, 11) is -2.00. The smallest absolute Gasteiger partial charge is 0.242 e. The van der Waals surface area contributed by atoms with E-state index in [1.807, 2.05) is 44.2 Å². The molecule has 0 spiro atoms. The highest BCUT2D eigenvalue weighted by Crippen LogP contribution is 2.22. The molecular weight excluding hydrogens is 462 g/mol. The van der Waals surface area contributed by atoms with Crippen molar-refractivity contribution in [3.63, 3.8) is 0 Å². The molecule has 0 heterocycles. The Morgan fingerprint density at radius 2 is 1.64 bits per heavy atom. The van der Waals surface area contributed by atoms with Crippen LogP contribution in [0.25, 0.3) is 0 Å². The van der Waals surface area contributed by atoms with Crippen molar-refractivity contribution in [3.8, 4) is 0 Å². The molecule has 0 aliphatic carbocycles. The van der Waals surface area contributed by atoms with Crippen molar-refractivity contribution in [1.29, 1.82) is 0 Å². The van der Waals surface area contributed by atoms with Crippen LogP contribution in [0.3, 0.4) is 0 Å². The zero-order chi connectivity index (χ0) is 24.8. The summed E-state index contributed by atoms with van der Waals surface area (Å²) in [6.45, 7) is 5.91. The van der Waals surface area contributed by atoms with Gasteiger partial charge in [0, 0.05) is 31.6 Å². The maximum Gasteiger partial charge on any atom is 0.242 e. The second kappa shape index (κ2) is 11.5. The Morgan fingerprint density at radius 3 is 2.15 bits per heavy atom. The molecule has 0 saturated carbocycles. The Morgan fingerprint density at radius 1 is 1.06 bits per heavy atom. The number of nitrogens with zero attached hydrogens (tertiary/aromatic N) is 2. The molecule has 2 aromatic rings. The Balaban J connectivity index is 2.16. The van der Waals surface area contributed by atoms with Crippen molar-refractivity contribution in [3.05, 3.63) is 64.2 Å². The second-order valence-electron chi connectivity index (χ2n) is 8.22. The monoisotopic (exact) mass is 493 g/mol. The van der Waals surface area contributed by atoms with E-state index in [0.29, 0.717) is 17.1 Å². The summed E-state index contributed by atoms with van der Waals surface area (Å²) in [4.78, 5) is 26.9. The molecule has 2 amide bonds. The maximum absolute atomic E-state index is 13.1. The molecule has 0 aliphatic rings. The zero-order valence-electron chi connectivity index (χ0n) is 19.8. The summed E-state index contributed by atoms with van der Waals surface area (Å²) in [6.07, 6.45) is 1.58. The van der Waals surface area contributed by atoms with E-state index in [2.05, 4.69) is 5.32 Å². The summed E-state index contributed by atoms with van der Waals surface area (Å²) in [5, 5.41) is 3.17. The molecule has 0 radical (unpaired) electrons. The minimum absolute atomic E-state index is 0.103. The molecule has 0 bridgehead atoms. The minimum atomic E-state index is -3.52. The number of rotatable bonds is 10. The lowest BCUT2D eigenvalue weighted by molar-refractivity contribution is -0.140. The van der Waals surface area contributed by atoms with Gasteiger partial charge in [0.2, 0.25) is 21.8 Å². The van der Waals surface area contributed by atoms with Gasteiger partial charge in [-0.15, -0.1) is 0 Å². The van der Waals surface area contributed by atoms with Gasteiger partial charge in [0.25, 0.3) is 0 Å². The van der Waals surface area contributed by atoms with E-state index >= 15 is 0 Å². The van der Waals surface area contributed by atoms with Gasteiger partial charge in [-0.3, -0.25) is 13.9 Å². The van der Waals surface area contributed by atoms with Crippen LogP contribution in [0.5, 0.6) is 0 Å². The van der Waals surface area contributed by atoms with Crippen molar-refractivity contribution in [2.75, 3.05) is 24.2 Å². The van der Waals surface area contributed by atoms with E-state index in [-0.39, 0.29) is 31.3 Å². The van der Waals surface area contributed by atoms with Crippen LogP contribution in [0, 0.1) is 13.8 Å². The number of carbonyl (C=O) groups is 2. The molecule has 33 heavy (non-hydrogen) atoms. The normalized spacial score (nSPS) is 12.2. The van der Waals surface area contributed by atoms with E-state index in [0.717, 1.165) is 22.9 Å². The van der Waals surface area contributed by atoms with Gasteiger partial charge in [-0.05, 0) is 68.1 Å². The van der Waals surface area contributed by atoms with Crippen molar-refractivity contribution in [1.82, 2.24) is 10.2 Å². The molecule has 0 aromatic heterocycles. The number of benzene rings is 2. The van der Waals surface area contributed by atoms with E-state index in [4.69, 9.17) is 11.6 Å². The van der Waals surface area contributed by atoms with E-state index in [9.17, 15) is 18.0 Å². The number of likely N-dealkylation sites (N-methyl/N-ethyl adjacent to an activating group) is 1. The average Bonchev–Trinajstić information content (AvgIpc) is 2.73. The molecule has 0 aliphatic heterocycles. The highest BCUT2D eigenvalue weighted by Gasteiger charge is 2.26. The maximum atomic E-state index is 13.1. The number of hydrogen-bond acceptors (Lipinski definition) is 4. The highest BCUT2D eigenvalue weighted by atomic mass is 35.5. The molecule has 0 saturated heterocycles. The van der Waals surface area contributed by atoms with Crippen LogP contribution in [0.1, 0.15) is 36.5 Å². The number of carbonyl (C=O) groups excluding carboxylic acids is 2. The molecule has 1 atom stereocenters. The summed E-state index contributed by atoms with van der Waals surface area (Å²) in [5.74, 6) is -0.500. The van der Waals surface area contributed by atoms with Crippen LogP contribution in [-0.4, -0.2) is 51.0 Å². The van der Waals surface area contributed by atoms with E-state index in [1.165, 1.54) is 16.3 Å². The Kier molecular flexibility index (Phi) is 9.31. The Hall–Kier alpha value is -2.58. The van der Waals surface area contributed by atoms with Gasteiger partial charge in [-0.1, -0.05) is 29.8 Å². The number of amides is 2. The topological polar surface area (TPSA) is 86.8 Å². The van der Waals surface area contributed by atoms with Gasteiger partial charge in [-0.2, -0.15) is 0 Å². The lowest BCUT2D eigenvalue weighted by Crippen LogP contribution is -2.46. The number of anilines is 1. The first-order valence-electron chi connectivity index (χ1n) is 10.7. The fraction of sp³-hybridized carbons (Fsp3) is 0.417. The summed E-state index contributed by atoms with van der Waals surface area (Å²) in [5.41, 5.74) is 3.35. The van der Waals surface area contributed by atoms with Crippen LogP contribution in [0.4, 0.5) is 5.69 Å². The van der Waals surface area contributed by atoms with E-state index < -0.39 is 16.1 Å². The van der Waals surface area contributed by atoms with Gasteiger partial charge >= 0.3 is 0 Å². The minimum Gasteiger partial charge on any atom is -0.357 e. The van der Waals surface area contributed by atoms with Crippen LogP contribution in [0.2, 0.25) is 5.02 Å². The van der Waals surface area contributed by atoms with E-state index in [1.54, 1.807) is 19.1 Å². The SMILES string of the molecule is CNC(=O)[C@@H](C)N(Cc1ccc(Cl)cc1)C(=O)CCCN(c1cc(C)cc(C)c1)S(C)(=O)=O. The predicted octanol–water partition coefficient (Wildman–Crippen LogP) is 3.67. The lowest BCUT2D eigenvalue weighted by Gasteiger charge is -2.29. The predicted molar refractivity (Wildman–Crippen MR) is 133 cm³/mol. The quantitative estimate of drug-likeness (QED) is 0.547. The van der Waals surface area contributed by atoms with Gasteiger partial charge < -0.3 is 10.2 Å². The molecular formula is C24H32ClN3O4S. The summed E-state index contributed by atoms with van der Waals surface area (Å²) < 4.78 is 26.2. The van der Waals surface area contributed by atoms with Gasteiger partial charge in [0.1, 0.15) is 6.04 Å². The Bertz CT molecular complexity index is 1070. The first-order chi connectivity index (χ1) is 15.4. The van der Waals surface area contributed by atoms with Crippen LogP contribution in [-0.2, 0) is 26.2 Å². The standard InChI is InChI=1S/C24H32ClN3O4S/c1-17-13-18(2)15-22(14-17)28(33(5,31)32)12-6-7-23(29)27(19(3)24(30)26-4)16-20-8-10-21(25)11-9-20/h8-11,13-15,19H,6-7,12,16H2,1-5H3,(H,26,30)/t19-/m1/s1. The Labute approximate surface area is 201 Å². The number of nitrogens with one attached hydrogen (secondary N) is 1. The molecule has 0 unspecified atom stereocenters.